The van der Waals surface area contributed by atoms with Gasteiger partial charge in [0.1, 0.15) is 11.5 Å². The zero-order chi connectivity index (χ0) is 25.4. The average molecular weight is 498 g/mol. The lowest BCUT2D eigenvalue weighted by atomic mass is 10.2. The molecule has 0 saturated carbocycles. The average Bonchev–Trinajstić information content (AvgIpc) is 2.88. The monoisotopic (exact) mass is 497 g/mol. The molecule has 3 aromatic rings. The number of benzene rings is 3. The van der Waals surface area contributed by atoms with Crippen LogP contribution in [0, 0.1) is 0 Å². The largest absolute Gasteiger partial charge is 0.497 e. The number of carbonyl (C=O) groups is 2. The molecule has 0 aliphatic carbocycles. The van der Waals surface area contributed by atoms with E-state index in [1.165, 1.54) is 38.4 Å². The van der Waals surface area contributed by atoms with Gasteiger partial charge in [0.2, 0.25) is 0 Å². The van der Waals surface area contributed by atoms with E-state index in [2.05, 4.69) is 10.6 Å². The van der Waals surface area contributed by atoms with Gasteiger partial charge in [0.25, 0.3) is 21.8 Å². The lowest BCUT2D eigenvalue weighted by Gasteiger charge is -2.20. The van der Waals surface area contributed by atoms with E-state index in [4.69, 9.17) is 9.47 Å². The molecule has 0 aromatic heterocycles. The second-order valence-corrected chi connectivity index (χ2v) is 9.39. The fourth-order valence-corrected chi connectivity index (χ4v) is 4.36. The number of hydrogen-bond acceptors (Lipinski definition) is 6. The number of likely N-dealkylation sites (N-methyl/N-ethyl adjacent to an activating group) is 1. The Kier molecular flexibility index (Phi) is 8.32. The predicted octanol–water partition coefficient (Wildman–Crippen LogP) is 3.29. The number of nitrogens with zero attached hydrogens (tertiary/aromatic N) is 1. The van der Waals surface area contributed by atoms with Crippen molar-refractivity contribution in [1.82, 2.24) is 5.32 Å². The summed E-state index contributed by atoms with van der Waals surface area (Å²) in [6.07, 6.45) is 0. The summed E-state index contributed by atoms with van der Waals surface area (Å²) in [5.74, 6) is 0.395. The Bertz CT molecular complexity index is 1280. The maximum absolute atomic E-state index is 13.1. The van der Waals surface area contributed by atoms with Crippen LogP contribution < -0.4 is 24.4 Å². The zero-order valence-electron chi connectivity index (χ0n) is 19.6. The van der Waals surface area contributed by atoms with Crippen molar-refractivity contribution in [1.29, 1.82) is 0 Å². The SMILES string of the molecule is CCNC(=O)COc1ccc(NC(=O)c2cccc(S(=O)(=O)N(C)c3ccc(OC)cc3)c2)cc1. The van der Waals surface area contributed by atoms with Gasteiger partial charge in [-0.2, -0.15) is 0 Å². The molecule has 2 N–H and O–H groups in total. The molecular weight excluding hydrogens is 470 g/mol. The highest BCUT2D eigenvalue weighted by Gasteiger charge is 2.22. The third-order valence-electron chi connectivity index (χ3n) is 5.05. The first kappa shape index (κ1) is 25.6. The first-order valence-electron chi connectivity index (χ1n) is 10.8. The molecule has 9 nitrogen and oxygen atoms in total. The third-order valence-corrected chi connectivity index (χ3v) is 6.83. The predicted molar refractivity (Wildman–Crippen MR) is 134 cm³/mol. The van der Waals surface area contributed by atoms with Crippen LogP contribution in [0.2, 0.25) is 0 Å². The molecule has 3 aromatic carbocycles. The molecule has 0 atom stereocenters. The molecular formula is C25H27N3O6S. The summed E-state index contributed by atoms with van der Waals surface area (Å²) in [5.41, 5.74) is 1.13. The van der Waals surface area contributed by atoms with Gasteiger partial charge < -0.3 is 20.1 Å². The second kappa shape index (κ2) is 11.4. The molecule has 2 amide bonds. The van der Waals surface area contributed by atoms with Crippen molar-refractivity contribution in [2.75, 3.05) is 36.9 Å². The van der Waals surface area contributed by atoms with Gasteiger partial charge in [0, 0.05) is 24.8 Å². The second-order valence-electron chi connectivity index (χ2n) is 7.42. The van der Waals surface area contributed by atoms with Gasteiger partial charge in [-0.1, -0.05) is 6.07 Å². The van der Waals surface area contributed by atoms with Crippen molar-refractivity contribution in [3.05, 3.63) is 78.4 Å². The number of carbonyl (C=O) groups excluding carboxylic acids is 2. The molecule has 184 valence electrons. The van der Waals surface area contributed by atoms with E-state index in [9.17, 15) is 18.0 Å². The van der Waals surface area contributed by atoms with E-state index in [1.807, 2.05) is 6.92 Å². The summed E-state index contributed by atoms with van der Waals surface area (Å²) in [5, 5.41) is 5.36. The van der Waals surface area contributed by atoms with E-state index >= 15 is 0 Å². The summed E-state index contributed by atoms with van der Waals surface area (Å²) in [7, 11) is -0.926. The molecule has 0 spiro atoms. The van der Waals surface area contributed by atoms with Crippen LogP contribution in [0.1, 0.15) is 17.3 Å². The Morgan fingerprint density at radius 3 is 2.23 bits per heavy atom. The molecule has 0 radical (unpaired) electrons. The van der Waals surface area contributed by atoms with E-state index in [0.717, 1.165) is 4.31 Å². The van der Waals surface area contributed by atoms with Crippen molar-refractivity contribution < 1.29 is 27.5 Å². The van der Waals surface area contributed by atoms with Gasteiger partial charge in [-0.05, 0) is 73.7 Å². The minimum absolute atomic E-state index is 0.0161. The Morgan fingerprint density at radius 2 is 1.60 bits per heavy atom. The molecule has 0 unspecified atom stereocenters. The Morgan fingerprint density at radius 1 is 0.943 bits per heavy atom. The molecule has 10 heteroatoms. The molecule has 35 heavy (non-hydrogen) atoms. The molecule has 0 saturated heterocycles. The molecule has 0 bridgehead atoms. The van der Waals surface area contributed by atoms with Gasteiger partial charge in [0.15, 0.2) is 6.61 Å². The minimum atomic E-state index is -3.90. The number of amides is 2. The van der Waals surface area contributed by atoms with Gasteiger partial charge in [0.05, 0.1) is 17.7 Å². The number of rotatable bonds is 10. The van der Waals surface area contributed by atoms with Crippen molar-refractivity contribution in [2.24, 2.45) is 0 Å². The van der Waals surface area contributed by atoms with Crippen LogP contribution in [0.25, 0.3) is 0 Å². The van der Waals surface area contributed by atoms with Crippen LogP contribution in [-0.4, -0.2) is 47.5 Å². The Labute approximate surface area is 204 Å². The highest BCUT2D eigenvalue weighted by Crippen LogP contribution is 2.25. The number of methoxy groups -OCH3 is 1. The minimum Gasteiger partial charge on any atom is -0.497 e. The lowest BCUT2D eigenvalue weighted by molar-refractivity contribution is -0.122. The van der Waals surface area contributed by atoms with E-state index in [0.29, 0.717) is 29.4 Å². The summed E-state index contributed by atoms with van der Waals surface area (Å²) in [4.78, 5) is 24.2. The quantitative estimate of drug-likeness (QED) is 0.444. The Hall–Kier alpha value is -4.05. The number of sulfonamides is 1. The fourth-order valence-electron chi connectivity index (χ4n) is 3.12. The van der Waals surface area contributed by atoms with Gasteiger partial charge in [-0.25, -0.2) is 8.42 Å². The van der Waals surface area contributed by atoms with E-state index < -0.39 is 15.9 Å². The van der Waals surface area contributed by atoms with Gasteiger partial charge in [-0.3, -0.25) is 13.9 Å². The third kappa shape index (κ3) is 6.51. The topological polar surface area (TPSA) is 114 Å². The maximum atomic E-state index is 13.1. The van der Waals surface area contributed by atoms with Crippen LogP contribution in [0.5, 0.6) is 11.5 Å². The van der Waals surface area contributed by atoms with E-state index in [-0.39, 0.29) is 23.0 Å². The van der Waals surface area contributed by atoms with Crippen molar-refractivity contribution in [3.8, 4) is 11.5 Å². The van der Waals surface area contributed by atoms with Gasteiger partial charge >= 0.3 is 0 Å². The first-order chi connectivity index (χ1) is 16.7. The zero-order valence-corrected chi connectivity index (χ0v) is 20.5. The Balaban J connectivity index is 1.69. The highest BCUT2D eigenvalue weighted by molar-refractivity contribution is 7.92. The molecule has 0 aliphatic heterocycles. The maximum Gasteiger partial charge on any atom is 0.264 e. The highest BCUT2D eigenvalue weighted by atomic mass is 32.2. The van der Waals surface area contributed by atoms with Crippen LogP contribution in [-0.2, 0) is 14.8 Å². The van der Waals surface area contributed by atoms with Crippen molar-refractivity contribution in [2.45, 2.75) is 11.8 Å². The van der Waals surface area contributed by atoms with Gasteiger partial charge in [-0.15, -0.1) is 0 Å². The molecule has 0 aliphatic rings. The van der Waals surface area contributed by atoms with Crippen molar-refractivity contribution >= 4 is 33.2 Å². The summed E-state index contributed by atoms with van der Waals surface area (Å²) in [6, 6.07) is 18.9. The van der Waals surface area contributed by atoms with Crippen LogP contribution >= 0.6 is 0 Å². The lowest BCUT2D eigenvalue weighted by Crippen LogP contribution is -2.28. The summed E-state index contributed by atoms with van der Waals surface area (Å²) in [6.45, 7) is 2.24. The fraction of sp³-hybridized carbons (Fsp3) is 0.200. The van der Waals surface area contributed by atoms with E-state index in [1.54, 1.807) is 48.5 Å². The van der Waals surface area contributed by atoms with Crippen LogP contribution in [0.3, 0.4) is 0 Å². The first-order valence-corrected chi connectivity index (χ1v) is 12.2. The summed E-state index contributed by atoms with van der Waals surface area (Å²) < 4.78 is 37.9. The summed E-state index contributed by atoms with van der Waals surface area (Å²) >= 11 is 0. The smallest absolute Gasteiger partial charge is 0.264 e. The van der Waals surface area contributed by atoms with Crippen LogP contribution in [0.15, 0.2) is 77.7 Å². The van der Waals surface area contributed by atoms with Crippen LogP contribution in [0.4, 0.5) is 11.4 Å². The standard InChI is InChI=1S/C25H27N3O6S/c1-4-26-24(29)17-34-22-12-8-19(9-13-22)27-25(30)18-6-5-7-23(16-18)35(31,32)28(2)20-10-14-21(33-3)15-11-20/h5-16H,4,17H2,1-3H3,(H,26,29)(H,27,30). The molecule has 0 heterocycles. The number of anilines is 2. The molecule has 3 rings (SSSR count). The number of ether oxygens (including phenoxy) is 2. The number of nitrogens with one attached hydrogen (secondary N) is 2. The normalized spacial score (nSPS) is 10.8. The molecule has 0 fully saturated rings. The van der Waals surface area contributed by atoms with Crippen molar-refractivity contribution in [3.63, 3.8) is 0 Å². The number of hydrogen-bond donors (Lipinski definition) is 2.